The number of nitrogens with one attached hydrogen (secondary N) is 4. The maximum absolute atomic E-state index is 12.5. The number of carboxylic acid groups (broad SMARTS) is 2. The second-order valence-electron chi connectivity index (χ2n) is 7.65. The number of aliphatic hydroxyl groups excluding tert-OH is 1. The average molecular weight is 510 g/mol. The molecule has 13 nitrogen and oxygen atoms in total. The van der Waals surface area contributed by atoms with E-state index in [-0.39, 0.29) is 12.2 Å². The summed E-state index contributed by atoms with van der Waals surface area (Å²) < 4.78 is 0. The molecule has 1 aromatic heterocycles. The molecule has 0 aliphatic heterocycles. The van der Waals surface area contributed by atoms with Crippen LogP contribution in [0.1, 0.15) is 12.0 Å². The molecule has 2 aromatic rings. The smallest absolute Gasteiger partial charge is 0.326 e. The van der Waals surface area contributed by atoms with Crippen LogP contribution in [0.25, 0.3) is 10.9 Å². The number of hydrogen-bond donors (Lipinski definition) is 9. The van der Waals surface area contributed by atoms with Crippen LogP contribution in [0.4, 0.5) is 0 Å². The molecule has 2 rings (SSSR count). The van der Waals surface area contributed by atoms with Gasteiger partial charge in [0.25, 0.3) is 0 Å². The number of amides is 3. The number of thiol groups is 1. The molecule has 0 saturated carbocycles. The molecule has 0 spiro atoms. The van der Waals surface area contributed by atoms with Gasteiger partial charge in [-0.05, 0) is 18.1 Å². The lowest BCUT2D eigenvalue weighted by Gasteiger charge is -2.23. The van der Waals surface area contributed by atoms with Crippen LogP contribution in [0.5, 0.6) is 0 Å². The summed E-state index contributed by atoms with van der Waals surface area (Å²) in [6, 6.07) is 1.82. The minimum Gasteiger partial charge on any atom is -0.481 e. The highest BCUT2D eigenvalue weighted by atomic mass is 32.1. The summed E-state index contributed by atoms with van der Waals surface area (Å²) in [7, 11) is 0. The maximum atomic E-state index is 12.5. The summed E-state index contributed by atoms with van der Waals surface area (Å²) in [6.07, 6.45) is 0.994. The Morgan fingerprint density at radius 2 is 1.54 bits per heavy atom. The van der Waals surface area contributed by atoms with Gasteiger partial charge in [0, 0.05) is 22.9 Å². The molecule has 35 heavy (non-hydrogen) atoms. The predicted molar refractivity (Wildman–Crippen MR) is 127 cm³/mol. The van der Waals surface area contributed by atoms with Gasteiger partial charge < -0.3 is 42.0 Å². The fraction of sp³-hybridized carbons (Fsp3) is 0.381. The second kappa shape index (κ2) is 12.7. The van der Waals surface area contributed by atoms with E-state index in [1.54, 1.807) is 6.20 Å². The number of hydrogen-bond acceptors (Lipinski definition) is 8. The number of benzene rings is 1. The summed E-state index contributed by atoms with van der Waals surface area (Å²) in [5.74, 6) is -5.96. The van der Waals surface area contributed by atoms with Gasteiger partial charge >= 0.3 is 11.9 Å². The van der Waals surface area contributed by atoms with Gasteiger partial charge in [0.2, 0.25) is 17.7 Å². The summed E-state index contributed by atoms with van der Waals surface area (Å²) >= 11 is 3.94. The Balaban J connectivity index is 1.98. The SMILES string of the molecule is NC(Cc1c[nH]c2ccccc12)C(=O)NC(CO)C(=O)NC(CS)C(=O)NC(CC(=O)O)C(=O)O. The molecule has 4 atom stereocenters. The lowest BCUT2D eigenvalue weighted by atomic mass is 10.0. The molecule has 14 heteroatoms. The molecule has 1 heterocycles. The van der Waals surface area contributed by atoms with E-state index in [2.05, 4.69) is 28.2 Å². The number of aliphatic carboxylic acids is 2. The van der Waals surface area contributed by atoms with Crippen molar-refractivity contribution in [1.82, 2.24) is 20.9 Å². The van der Waals surface area contributed by atoms with Crippen LogP contribution >= 0.6 is 12.6 Å². The predicted octanol–water partition coefficient (Wildman–Crippen LogP) is -2.03. The van der Waals surface area contributed by atoms with Gasteiger partial charge in [-0.25, -0.2) is 4.79 Å². The van der Waals surface area contributed by atoms with Crippen molar-refractivity contribution in [3.05, 3.63) is 36.0 Å². The molecule has 0 bridgehead atoms. The Labute approximate surface area is 204 Å². The first-order valence-electron chi connectivity index (χ1n) is 10.4. The van der Waals surface area contributed by atoms with Crippen molar-refractivity contribution in [2.45, 2.75) is 37.0 Å². The third-order valence-electron chi connectivity index (χ3n) is 5.08. The number of carbonyl (C=O) groups excluding carboxylic acids is 3. The number of aliphatic hydroxyl groups is 1. The zero-order valence-corrected chi connectivity index (χ0v) is 19.3. The van der Waals surface area contributed by atoms with Crippen LogP contribution in [0, 0.1) is 0 Å². The molecule has 4 unspecified atom stereocenters. The van der Waals surface area contributed by atoms with Gasteiger partial charge in [0.1, 0.15) is 18.1 Å². The van der Waals surface area contributed by atoms with Crippen LogP contribution in [-0.4, -0.2) is 86.5 Å². The van der Waals surface area contributed by atoms with Gasteiger partial charge in [0.15, 0.2) is 0 Å². The number of H-pyrrole nitrogens is 1. The minimum absolute atomic E-state index is 0.150. The van der Waals surface area contributed by atoms with Crippen molar-refractivity contribution in [3.8, 4) is 0 Å². The van der Waals surface area contributed by atoms with Crippen molar-refractivity contribution in [2.24, 2.45) is 5.73 Å². The van der Waals surface area contributed by atoms with E-state index >= 15 is 0 Å². The van der Waals surface area contributed by atoms with Crippen LogP contribution in [-0.2, 0) is 30.4 Å². The molecular formula is C21H27N5O8S. The number of carboxylic acids is 2. The Bertz CT molecular complexity index is 1090. The molecule has 9 N–H and O–H groups in total. The number of para-hydroxylation sites is 1. The highest BCUT2D eigenvalue weighted by Gasteiger charge is 2.30. The van der Waals surface area contributed by atoms with Gasteiger partial charge in [-0.1, -0.05) is 18.2 Å². The van der Waals surface area contributed by atoms with Gasteiger partial charge in [-0.2, -0.15) is 12.6 Å². The fourth-order valence-corrected chi connectivity index (χ4v) is 3.47. The molecule has 190 valence electrons. The van der Waals surface area contributed by atoms with Crippen molar-refractivity contribution in [3.63, 3.8) is 0 Å². The first-order valence-corrected chi connectivity index (χ1v) is 11.1. The summed E-state index contributed by atoms with van der Waals surface area (Å²) in [5.41, 5.74) is 7.64. The van der Waals surface area contributed by atoms with Crippen LogP contribution in [0.2, 0.25) is 0 Å². The minimum atomic E-state index is -1.73. The van der Waals surface area contributed by atoms with E-state index < -0.39 is 66.9 Å². The summed E-state index contributed by atoms with van der Waals surface area (Å²) in [6.45, 7) is -0.810. The van der Waals surface area contributed by atoms with Gasteiger partial charge in [0.05, 0.1) is 19.1 Å². The Hall–Kier alpha value is -3.62. The van der Waals surface area contributed by atoms with Crippen LogP contribution < -0.4 is 21.7 Å². The van der Waals surface area contributed by atoms with Crippen LogP contribution in [0.15, 0.2) is 30.5 Å². The van der Waals surface area contributed by atoms with E-state index in [0.29, 0.717) is 0 Å². The lowest BCUT2D eigenvalue weighted by Crippen LogP contribution is -2.58. The molecule has 3 amide bonds. The average Bonchev–Trinajstić information content (AvgIpc) is 3.22. The van der Waals surface area contributed by atoms with Crippen molar-refractivity contribution in [1.29, 1.82) is 0 Å². The standard InChI is InChI=1S/C21H27N5O8S/c22-12(5-10-7-23-13-4-2-1-3-11(10)13)18(30)25-15(8-27)19(31)26-16(9-35)20(32)24-14(21(33)34)6-17(28)29/h1-4,7,12,14-16,23,27,35H,5-6,8-9,22H2,(H,24,32)(H,25,30)(H,26,31)(H,28,29)(H,33,34). The largest absolute Gasteiger partial charge is 0.481 e. The molecule has 0 aliphatic carbocycles. The number of carbonyl (C=O) groups is 5. The molecule has 0 fully saturated rings. The third kappa shape index (κ3) is 7.70. The number of aromatic nitrogens is 1. The molecule has 1 aromatic carbocycles. The highest BCUT2D eigenvalue weighted by molar-refractivity contribution is 7.80. The molecule has 0 aliphatic rings. The molecule has 0 radical (unpaired) electrons. The van der Waals surface area contributed by atoms with E-state index in [4.69, 9.17) is 15.9 Å². The topological polar surface area (TPSA) is 224 Å². The number of aromatic amines is 1. The first kappa shape index (κ1) is 27.6. The fourth-order valence-electron chi connectivity index (χ4n) is 3.22. The molecular weight excluding hydrogens is 482 g/mol. The van der Waals surface area contributed by atoms with E-state index in [1.165, 1.54) is 0 Å². The first-order chi connectivity index (χ1) is 16.6. The second-order valence-corrected chi connectivity index (χ2v) is 8.02. The Kier molecular flexibility index (Phi) is 10.1. The van der Waals surface area contributed by atoms with E-state index in [9.17, 15) is 29.1 Å². The normalized spacial score (nSPS) is 14.4. The van der Waals surface area contributed by atoms with Crippen molar-refractivity contribution >= 4 is 53.2 Å². The summed E-state index contributed by atoms with van der Waals surface area (Å²) in [5, 5.41) is 34.9. The Morgan fingerprint density at radius 3 is 2.14 bits per heavy atom. The van der Waals surface area contributed by atoms with Crippen LogP contribution in [0.3, 0.4) is 0 Å². The van der Waals surface area contributed by atoms with Gasteiger partial charge in [-0.3, -0.25) is 19.2 Å². The number of rotatable bonds is 13. The zero-order valence-electron chi connectivity index (χ0n) is 18.4. The van der Waals surface area contributed by atoms with Crippen molar-refractivity contribution < 1.29 is 39.3 Å². The lowest BCUT2D eigenvalue weighted by molar-refractivity contribution is -0.147. The zero-order chi connectivity index (χ0) is 26.1. The summed E-state index contributed by atoms with van der Waals surface area (Å²) in [4.78, 5) is 62.4. The van der Waals surface area contributed by atoms with E-state index in [0.717, 1.165) is 16.5 Å². The van der Waals surface area contributed by atoms with Gasteiger partial charge in [-0.15, -0.1) is 0 Å². The number of nitrogens with two attached hydrogens (primary N) is 1. The number of fused-ring (bicyclic) bond motifs is 1. The van der Waals surface area contributed by atoms with E-state index in [1.807, 2.05) is 29.6 Å². The molecule has 0 saturated heterocycles. The quantitative estimate of drug-likeness (QED) is 0.136. The monoisotopic (exact) mass is 509 g/mol. The maximum Gasteiger partial charge on any atom is 0.326 e. The Morgan fingerprint density at radius 1 is 0.943 bits per heavy atom. The van der Waals surface area contributed by atoms with Crippen molar-refractivity contribution in [2.75, 3.05) is 12.4 Å². The highest BCUT2D eigenvalue weighted by Crippen LogP contribution is 2.18. The third-order valence-corrected chi connectivity index (χ3v) is 5.44.